The van der Waals surface area contributed by atoms with Gasteiger partial charge in [0.15, 0.2) is 0 Å². The maximum Gasteiger partial charge on any atom is 0.226 e. The zero-order valence-corrected chi connectivity index (χ0v) is 11.7. The van der Waals surface area contributed by atoms with E-state index in [1.54, 1.807) is 0 Å². The predicted octanol–water partition coefficient (Wildman–Crippen LogP) is 3.61. The van der Waals surface area contributed by atoms with E-state index in [4.69, 9.17) is 0 Å². The van der Waals surface area contributed by atoms with Crippen molar-refractivity contribution in [2.45, 2.75) is 46.1 Å². The van der Waals surface area contributed by atoms with E-state index in [9.17, 15) is 4.79 Å². The summed E-state index contributed by atoms with van der Waals surface area (Å²) < 4.78 is 0. The van der Waals surface area contributed by atoms with E-state index in [-0.39, 0.29) is 7.33 Å². The molecule has 1 aliphatic heterocycles. The first kappa shape index (κ1) is 12.9. The molecule has 0 bridgehead atoms. The van der Waals surface area contributed by atoms with Crippen LogP contribution in [0.15, 0.2) is 18.2 Å². The molecule has 2 rings (SSSR count). The molecule has 0 radical (unpaired) electrons. The molecule has 3 heteroatoms. The summed E-state index contributed by atoms with van der Waals surface area (Å²) in [6, 6.07) is 6.81. The number of amides is 1. The maximum absolute atomic E-state index is 11.8. The molecule has 0 unspecified atom stereocenters. The molecule has 1 aromatic rings. The van der Waals surface area contributed by atoms with Crippen LogP contribution in [0.3, 0.4) is 0 Å². The normalized spacial score (nSPS) is 15.7. The molecule has 1 amide bonds. The zero-order chi connectivity index (χ0) is 13.3. The Morgan fingerprint density at radius 2 is 2.00 bits per heavy atom. The van der Waals surface area contributed by atoms with Gasteiger partial charge in [0.2, 0.25) is 5.91 Å². The van der Waals surface area contributed by atoms with Crippen molar-refractivity contribution in [2.24, 2.45) is 0 Å². The third kappa shape index (κ3) is 2.50. The highest BCUT2D eigenvalue weighted by Gasteiger charge is 2.21. The third-order valence-electron chi connectivity index (χ3n) is 3.47. The van der Waals surface area contributed by atoms with Gasteiger partial charge in [-0.3, -0.25) is 4.79 Å². The molecule has 100 valence electrons. The monoisotopic (exact) mass is 248 g/mol. The SMILES string of the molecule is CC(C)c1ccc2c(c1)NC(=O)CCN2C(C)C.[HH]. The Balaban J connectivity index is 0.00000180. The van der Waals surface area contributed by atoms with E-state index in [0.717, 1.165) is 17.9 Å². The number of hydrogen-bond acceptors (Lipinski definition) is 2. The molecule has 0 fully saturated rings. The molecule has 0 saturated carbocycles. The van der Waals surface area contributed by atoms with Gasteiger partial charge in [0, 0.05) is 20.4 Å². The van der Waals surface area contributed by atoms with Crippen molar-refractivity contribution in [2.75, 3.05) is 16.8 Å². The number of nitrogens with one attached hydrogen (secondary N) is 1. The molecule has 1 N–H and O–H groups in total. The molecule has 1 aromatic carbocycles. The highest BCUT2D eigenvalue weighted by Crippen LogP contribution is 2.33. The van der Waals surface area contributed by atoms with Gasteiger partial charge >= 0.3 is 0 Å². The van der Waals surface area contributed by atoms with E-state index >= 15 is 0 Å². The molecular formula is C15H24N2O. The average molecular weight is 248 g/mol. The van der Waals surface area contributed by atoms with E-state index in [0.29, 0.717) is 18.4 Å². The second-order valence-electron chi connectivity index (χ2n) is 5.52. The number of benzene rings is 1. The molecule has 0 spiro atoms. The molecule has 1 aliphatic rings. The first-order chi connectivity index (χ1) is 8.49. The fourth-order valence-corrected chi connectivity index (χ4v) is 2.35. The van der Waals surface area contributed by atoms with Gasteiger partial charge in [0.25, 0.3) is 0 Å². The maximum atomic E-state index is 11.8. The Labute approximate surface area is 111 Å². The van der Waals surface area contributed by atoms with Crippen LogP contribution >= 0.6 is 0 Å². The third-order valence-corrected chi connectivity index (χ3v) is 3.47. The van der Waals surface area contributed by atoms with Gasteiger partial charge in [-0.2, -0.15) is 0 Å². The van der Waals surface area contributed by atoms with Crippen LogP contribution < -0.4 is 10.2 Å². The van der Waals surface area contributed by atoms with Gasteiger partial charge in [-0.25, -0.2) is 0 Å². The van der Waals surface area contributed by atoms with E-state index < -0.39 is 0 Å². The summed E-state index contributed by atoms with van der Waals surface area (Å²) in [6.45, 7) is 9.45. The zero-order valence-electron chi connectivity index (χ0n) is 11.7. The quantitative estimate of drug-likeness (QED) is 0.867. The Morgan fingerprint density at radius 3 is 2.61 bits per heavy atom. The van der Waals surface area contributed by atoms with Crippen molar-refractivity contribution in [3.05, 3.63) is 23.8 Å². The predicted molar refractivity (Wildman–Crippen MR) is 78.4 cm³/mol. The standard InChI is InChI=1S/C15H22N2O.H2/c1-10(2)12-5-6-14-13(9-12)16-15(18)7-8-17(14)11(3)4;/h5-6,9-11H,7-8H2,1-4H3,(H,16,18);1H. The molecule has 0 atom stereocenters. The fraction of sp³-hybridized carbons (Fsp3) is 0.533. The van der Waals surface area contributed by atoms with E-state index in [2.05, 4.69) is 56.1 Å². The first-order valence-corrected chi connectivity index (χ1v) is 6.69. The summed E-state index contributed by atoms with van der Waals surface area (Å²) in [5, 5.41) is 3.02. The van der Waals surface area contributed by atoms with E-state index in [1.807, 2.05) is 0 Å². The first-order valence-electron chi connectivity index (χ1n) is 6.69. The summed E-state index contributed by atoms with van der Waals surface area (Å²) in [7, 11) is 0. The lowest BCUT2D eigenvalue weighted by Gasteiger charge is -2.28. The number of fused-ring (bicyclic) bond motifs is 1. The lowest BCUT2D eigenvalue weighted by molar-refractivity contribution is -0.115. The molecule has 1 heterocycles. The molecule has 0 saturated heterocycles. The van der Waals surface area contributed by atoms with Crippen molar-refractivity contribution in [1.82, 2.24) is 0 Å². The Bertz CT molecular complexity index is 457. The smallest absolute Gasteiger partial charge is 0.226 e. The van der Waals surface area contributed by atoms with Crippen molar-refractivity contribution in [3.63, 3.8) is 0 Å². The Kier molecular flexibility index (Phi) is 3.60. The van der Waals surface area contributed by atoms with Crippen molar-refractivity contribution in [1.29, 1.82) is 0 Å². The van der Waals surface area contributed by atoms with Crippen LogP contribution in [0, 0.1) is 0 Å². The highest BCUT2D eigenvalue weighted by atomic mass is 16.1. The van der Waals surface area contributed by atoms with Crippen LogP contribution in [0.25, 0.3) is 0 Å². The van der Waals surface area contributed by atoms with Gasteiger partial charge in [-0.05, 0) is 37.5 Å². The van der Waals surface area contributed by atoms with Gasteiger partial charge in [0.1, 0.15) is 0 Å². The minimum absolute atomic E-state index is 0. The van der Waals surface area contributed by atoms with Gasteiger partial charge < -0.3 is 10.2 Å². The van der Waals surface area contributed by atoms with Gasteiger partial charge in [0.05, 0.1) is 11.4 Å². The van der Waals surface area contributed by atoms with Crippen LogP contribution in [0.2, 0.25) is 0 Å². The van der Waals surface area contributed by atoms with Crippen molar-refractivity contribution >= 4 is 17.3 Å². The van der Waals surface area contributed by atoms with E-state index in [1.165, 1.54) is 5.56 Å². The molecular weight excluding hydrogens is 224 g/mol. The van der Waals surface area contributed by atoms with Crippen molar-refractivity contribution < 1.29 is 6.22 Å². The number of nitrogens with zero attached hydrogens (tertiary/aromatic N) is 1. The molecule has 0 aliphatic carbocycles. The molecule has 0 aromatic heterocycles. The minimum atomic E-state index is 0. The number of hydrogen-bond donors (Lipinski definition) is 1. The largest absolute Gasteiger partial charge is 0.367 e. The summed E-state index contributed by atoms with van der Waals surface area (Å²) in [5.74, 6) is 0.586. The van der Waals surface area contributed by atoms with Gasteiger partial charge in [-0.15, -0.1) is 0 Å². The second kappa shape index (κ2) is 5.01. The Hall–Kier alpha value is -1.51. The average Bonchev–Trinajstić information content (AvgIpc) is 2.45. The van der Waals surface area contributed by atoms with Crippen LogP contribution in [0.1, 0.15) is 47.0 Å². The number of anilines is 2. The van der Waals surface area contributed by atoms with Crippen LogP contribution in [0.5, 0.6) is 0 Å². The summed E-state index contributed by atoms with van der Waals surface area (Å²) in [4.78, 5) is 14.0. The summed E-state index contributed by atoms with van der Waals surface area (Å²) in [5.41, 5.74) is 3.36. The highest BCUT2D eigenvalue weighted by molar-refractivity contribution is 5.96. The van der Waals surface area contributed by atoms with Crippen LogP contribution in [-0.2, 0) is 4.79 Å². The van der Waals surface area contributed by atoms with Crippen LogP contribution in [-0.4, -0.2) is 18.5 Å². The number of carbonyl (C=O) groups is 1. The topological polar surface area (TPSA) is 32.3 Å². The minimum Gasteiger partial charge on any atom is -0.367 e. The number of carbonyl (C=O) groups excluding carboxylic acids is 1. The molecule has 18 heavy (non-hydrogen) atoms. The number of rotatable bonds is 2. The van der Waals surface area contributed by atoms with Gasteiger partial charge in [-0.1, -0.05) is 19.9 Å². The Morgan fingerprint density at radius 1 is 1.28 bits per heavy atom. The second-order valence-corrected chi connectivity index (χ2v) is 5.52. The summed E-state index contributed by atoms with van der Waals surface area (Å²) >= 11 is 0. The summed E-state index contributed by atoms with van der Waals surface area (Å²) in [6.07, 6.45) is 0.559. The van der Waals surface area contributed by atoms with Crippen LogP contribution in [0.4, 0.5) is 11.4 Å². The lowest BCUT2D eigenvalue weighted by atomic mass is 10.0. The molecule has 3 nitrogen and oxygen atoms in total. The van der Waals surface area contributed by atoms with Crippen molar-refractivity contribution in [3.8, 4) is 0 Å². The fourth-order valence-electron chi connectivity index (χ4n) is 2.35. The lowest BCUT2D eigenvalue weighted by Crippen LogP contribution is -2.31.